The highest BCUT2D eigenvalue weighted by molar-refractivity contribution is 5.91. The Morgan fingerprint density at radius 1 is 1.31 bits per heavy atom. The van der Waals surface area contributed by atoms with E-state index in [1.54, 1.807) is 6.07 Å². The normalized spacial score (nSPS) is 10.6. The Kier molecular flexibility index (Phi) is 2.52. The summed E-state index contributed by atoms with van der Waals surface area (Å²) in [6, 6.07) is 9.29. The van der Waals surface area contributed by atoms with Crippen LogP contribution >= 0.6 is 0 Å². The maximum Gasteiger partial charge on any atom is 0.307 e. The summed E-state index contributed by atoms with van der Waals surface area (Å²) in [7, 11) is 0. The van der Waals surface area contributed by atoms with Crippen LogP contribution in [0.2, 0.25) is 0 Å². The van der Waals surface area contributed by atoms with Crippen molar-refractivity contribution in [2.75, 3.05) is 0 Å². The predicted octanol–water partition coefficient (Wildman–Crippen LogP) is 2.48. The first kappa shape index (κ1) is 10.5. The van der Waals surface area contributed by atoms with Gasteiger partial charge in [-0.25, -0.2) is 0 Å². The third kappa shape index (κ3) is 1.72. The van der Waals surface area contributed by atoms with Crippen LogP contribution in [-0.4, -0.2) is 16.2 Å². The number of carbonyl (C=O) groups is 1. The second-order valence-corrected chi connectivity index (χ2v) is 3.81. The number of aliphatic carboxylic acids is 1. The summed E-state index contributed by atoms with van der Waals surface area (Å²) in [5.41, 5.74) is 1.30. The van der Waals surface area contributed by atoms with Crippen LogP contribution in [0.5, 0.6) is 5.75 Å². The average molecular weight is 216 g/mol. The number of aryl methyl sites for hydroxylation is 1. The van der Waals surface area contributed by atoms with Crippen LogP contribution in [0.4, 0.5) is 0 Å². The summed E-state index contributed by atoms with van der Waals surface area (Å²) in [5.74, 6) is -0.855. The Morgan fingerprint density at radius 2 is 2.00 bits per heavy atom. The van der Waals surface area contributed by atoms with Crippen molar-refractivity contribution in [3.05, 3.63) is 41.5 Å². The zero-order chi connectivity index (χ0) is 11.7. The summed E-state index contributed by atoms with van der Waals surface area (Å²) >= 11 is 0. The molecular weight excluding hydrogens is 204 g/mol. The molecule has 0 radical (unpaired) electrons. The summed E-state index contributed by atoms with van der Waals surface area (Å²) in [6.07, 6.45) is -0.150. The first-order valence-corrected chi connectivity index (χ1v) is 5.01. The van der Waals surface area contributed by atoms with E-state index in [2.05, 4.69) is 0 Å². The smallest absolute Gasteiger partial charge is 0.307 e. The fourth-order valence-corrected chi connectivity index (χ4v) is 1.88. The molecule has 0 atom stereocenters. The summed E-state index contributed by atoms with van der Waals surface area (Å²) in [4.78, 5) is 10.7. The van der Waals surface area contributed by atoms with E-state index in [-0.39, 0.29) is 12.2 Å². The van der Waals surface area contributed by atoms with Crippen molar-refractivity contribution < 1.29 is 15.0 Å². The van der Waals surface area contributed by atoms with Crippen molar-refractivity contribution in [2.45, 2.75) is 13.3 Å². The Balaban J connectivity index is 2.70. The zero-order valence-corrected chi connectivity index (χ0v) is 8.90. The Hall–Kier alpha value is -2.03. The molecule has 2 aromatic rings. The van der Waals surface area contributed by atoms with Crippen LogP contribution in [0.1, 0.15) is 11.1 Å². The van der Waals surface area contributed by atoms with Crippen LogP contribution in [-0.2, 0) is 11.2 Å². The lowest BCUT2D eigenvalue weighted by Crippen LogP contribution is -2.02. The minimum absolute atomic E-state index is 0.0815. The van der Waals surface area contributed by atoms with Crippen molar-refractivity contribution in [1.82, 2.24) is 0 Å². The maximum atomic E-state index is 10.7. The van der Waals surface area contributed by atoms with Gasteiger partial charge < -0.3 is 10.2 Å². The van der Waals surface area contributed by atoms with E-state index < -0.39 is 5.97 Å². The quantitative estimate of drug-likeness (QED) is 0.810. The van der Waals surface area contributed by atoms with Crippen LogP contribution < -0.4 is 0 Å². The molecule has 0 aliphatic rings. The molecule has 0 spiro atoms. The van der Waals surface area contributed by atoms with E-state index in [1.807, 2.05) is 31.2 Å². The molecule has 3 nitrogen and oxygen atoms in total. The number of phenolic OH excluding ortho intramolecular Hbond substituents is 1. The second kappa shape index (κ2) is 3.85. The fourth-order valence-electron chi connectivity index (χ4n) is 1.88. The van der Waals surface area contributed by atoms with Crippen molar-refractivity contribution >= 4 is 16.7 Å². The molecule has 82 valence electrons. The van der Waals surface area contributed by atoms with Crippen LogP contribution in [0.25, 0.3) is 10.8 Å². The third-order valence-corrected chi connectivity index (χ3v) is 2.68. The molecular formula is C13H12O3. The molecule has 0 unspecified atom stereocenters. The molecule has 0 amide bonds. The second-order valence-electron chi connectivity index (χ2n) is 3.81. The van der Waals surface area contributed by atoms with Gasteiger partial charge in [-0.15, -0.1) is 0 Å². The number of fused-ring (bicyclic) bond motifs is 1. The maximum absolute atomic E-state index is 10.7. The average Bonchev–Trinajstić information content (AvgIpc) is 2.24. The lowest BCUT2D eigenvalue weighted by atomic mass is 9.98. The highest BCUT2D eigenvalue weighted by atomic mass is 16.4. The molecule has 0 heterocycles. The first-order chi connectivity index (χ1) is 7.59. The minimum atomic E-state index is -0.936. The van der Waals surface area contributed by atoms with Crippen molar-refractivity contribution in [1.29, 1.82) is 0 Å². The van der Waals surface area contributed by atoms with E-state index in [0.717, 1.165) is 10.9 Å². The molecule has 16 heavy (non-hydrogen) atoms. The third-order valence-electron chi connectivity index (χ3n) is 2.68. The van der Waals surface area contributed by atoms with Gasteiger partial charge in [0.15, 0.2) is 0 Å². The first-order valence-electron chi connectivity index (χ1n) is 5.01. The van der Waals surface area contributed by atoms with Gasteiger partial charge in [-0.2, -0.15) is 0 Å². The van der Waals surface area contributed by atoms with Crippen molar-refractivity contribution in [2.24, 2.45) is 0 Å². The SMILES string of the molecule is Cc1cc2ccccc2c(O)c1CC(=O)O. The molecule has 2 aromatic carbocycles. The Labute approximate surface area is 93.0 Å². The van der Waals surface area contributed by atoms with Crippen LogP contribution in [0.3, 0.4) is 0 Å². The van der Waals surface area contributed by atoms with E-state index in [0.29, 0.717) is 10.9 Å². The summed E-state index contributed by atoms with van der Waals surface area (Å²) in [6.45, 7) is 1.81. The van der Waals surface area contributed by atoms with Gasteiger partial charge in [0, 0.05) is 10.9 Å². The highest BCUT2D eigenvalue weighted by Gasteiger charge is 2.12. The van der Waals surface area contributed by atoms with Gasteiger partial charge in [0.1, 0.15) is 5.75 Å². The van der Waals surface area contributed by atoms with Gasteiger partial charge >= 0.3 is 5.97 Å². The molecule has 0 aliphatic heterocycles. The van der Waals surface area contributed by atoms with Gasteiger partial charge in [-0.3, -0.25) is 4.79 Å². The monoisotopic (exact) mass is 216 g/mol. The molecule has 3 heteroatoms. The van der Waals surface area contributed by atoms with Gasteiger partial charge in [-0.05, 0) is 17.9 Å². The minimum Gasteiger partial charge on any atom is -0.507 e. The Bertz CT molecular complexity index is 558. The van der Waals surface area contributed by atoms with Crippen LogP contribution in [0, 0.1) is 6.92 Å². The molecule has 0 bridgehead atoms. The fraction of sp³-hybridized carbons (Fsp3) is 0.154. The highest BCUT2D eigenvalue weighted by Crippen LogP contribution is 2.31. The van der Waals surface area contributed by atoms with E-state index in [9.17, 15) is 9.90 Å². The van der Waals surface area contributed by atoms with E-state index in [1.165, 1.54) is 0 Å². The number of benzene rings is 2. The number of hydrogen-bond donors (Lipinski definition) is 2. The molecule has 0 saturated heterocycles. The van der Waals surface area contributed by atoms with E-state index in [4.69, 9.17) is 5.11 Å². The largest absolute Gasteiger partial charge is 0.507 e. The predicted molar refractivity (Wildman–Crippen MR) is 61.7 cm³/mol. The molecule has 0 aliphatic carbocycles. The van der Waals surface area contributed by atoms with Crippen molar-refractivity contribution in [3.63, 3.8) is 0 Å². The Morgan fingerprint density at radius 3 is 2.69 bits per heavy atom. The van der Waals surface area contributed by atoms with Gasteiger partial charge in [0.05, 0.1) is 6.42 Å². The van der Waals surface area contributed by atoms with Gasteiger partial charge in [0.25, 0.3) is 0 Å². The van der Waals surface area contributed by atoms with E-state index >= 15 is 0 Å². The van der Waals surface area contributed by atoms with Crippen LogP contribution in [0.15, 0.2) is 30.3 Å². The summed E-state index contributed by atoms with van der Waals surface area (Å²) < 4.78 is 0. The standard InChI is InChI=1S/C13H12O3/c1-8-6-9-4-2-3-5-10(9)13(16)11(8)7-12(14)15/h2-6,16H,7H2,1H3,(H,14,15). The molecule has 2 N–H and O–H groups in total. The lowest BCUT2D eigenvalue weighted by molar-refractivity contribution is -0.136. The molecule has 0 aromatic heterocycles. The number of rotatable bonds is 2. The zero-order valence-electron chi connectivity index (χ0n) is 8.90. The number of aromatic hydroxyl groups is 1. The molecule has 2 rings (SSSR count). The van der Waals surface area contributed by atoms with Gasteiger partial charge in [-0.1, -0.05) is 30.3 Å². The number of carboxylic acids is 1. The molecule has 0 fully saturated rings. The number of phenols is 1. The number of hydrogen-bond acceptors (Lipinski definition) is 2. The molecule has 0 saturated carbocycles. The topological polar surface area (TPSA) is 57.5 Å². The van der Waals surface area contributed by atoms with Crippen molar-refractivity contribution in [3.8, 4) is 5.75 Å². The summed E-state index contributed by atoms with van der Waals surface area (Å²) in [5, 5.41) is 20.4. The number of carboxylic acid groups (broad SMARTS) is 1. The lowest BCUT2D eigenvalue weighted by Gasteiger charge is -2.09. The van der Waals surface area contributed by atoms with Gasteiger partial charge in [0.2, 0.25) is 0 Å².